The van der Waals surface area contributed by atoms with Crippen LogP contribution in [0, 0.1) is 0 Å². The number of phosphoric ester groups is 1. The molecular formula is C4H3F4O4P. The summed E-state index contributed by atoms with van der Waals surface area (Å²) < 4.78 is 69.4. The Morgan fingerprint density at radius 3 is 1.92 bits per heavy atom. The summed E-state index contributed by atoms with van der Waals surface area (Å²) in [6.45, 7) is 2.82. The van der Waals surface area contributed by atoms with E-state index in [0.717, 1.165) is 0 Å². The second-order valence-electron chi connectivity index (χ2n) is 1.94. The maximum atomic E-state index is 12.2. The molecule has 0 unspecified atom stereocenters. The van der Waals surface area contributed by atoms with Gasteiger partial charge in [-0.3, -0.25) is 0 Å². The van der Waals surface area contributed by atoms with Crippen LogP contribution in [0.25, 0.3) is 0 Å². The molecule has 0 aromatic carbocycles. The molecule has 4 nitrogen and oxygen atoms in total. The van der Waals surface area contributed by atoms with Crippen molar-refractivity contribution in [2.75, 3.05) is 0 Å². The van der Waals surface area contributed by atoms with E-state index in [2.05, 4.69) is 20.2 Å². The minimum absolute atomic E-state index is 0.401. The van der Waals surface area contributed by atoms with Crippen molar-refractivity contribution in [3.63, 3.8) is 0 Å². The zero-order valence-electron chi connectivity index (χ0n) is 5.88. The van der Waals surface area contributed by atoms with Gasteiger partial charge in [-0.1, -0.05) is 6.58 Å². The first-order valence-electron chi connectivity index (χ1n) is 2.79. The molecule has 1 saturated heterocycles. The lowest BCUT2D eigenvalue weighted by molar-refractivity contribution is -0.344. The van der Waals surface area contributed by atoms with Crippen LogP contribution >= 0.6 is 7.82 Å². The lowest BCUT2D eigenvalue weighted by atomic mass is 10.6. The van der Waals surface area contributed by atoms with E-state index in [-0.39, 0.29) is 0 Å². The van der Waals surface area contributed by atoms with Gasteiger partial charge in [-0.05, 0) is 0 Å². The SMILES string of the molecule is C=COP1(=O)OC(F)(F)C(F)(F)O1. The van der Waals surface area contributed by atoms with Crippen LogP contribution in [-0.2, 0) is 18.1 Å². The molecule has 0 aromatic heterocycles. The molecule has 0 aromatic rings. The fourth-order valence-corrected chi connectivity index (χ4v) is 1.62. The molecule has 9 heteroatoms. The molecule has 1 rings (SSSR count). The fourth-order valence-electron chi connectivity index (χ4n) is 0.540. The number of hydrogen-bond donors (Lipinski definition) is 0. The monoisotopic (exact) mass is 222 g/mol. The van der Waals surface area contributed by atoms with Gasteiger partial charge in [0.1, 0.15) is 0 Å². The number of alkyl halides is 4. The number of halogens is 4. The molecule has 1 heterocycles. The highest BCUT2D eigenvalue weighted by atomic mass is 31.2. The molecule has 0 radical (unpaired) electrons. The molecule has 0 aliphatic carbocycles. The minimum atomic E-state index is -4.97. The van der Waals surface area contributed by atoms with E-state index in [9.17, 15) is 22.1 Å². The van der Waals surface area contributed by atoms with Gasteiger partial charge in [-0.2, -0.15) is 17.6 Å². The van der Waals surface area contributed by atoms with Gasteiger partial charge in [-0.15, -0.1) is 0 Å². The smallest absolute Gasteiger partial charge is 0.412 e. The van der Waals surface area contributed by atoms with Crippen molar-refractivity contribution in [1.82, 2.24) is 0 Å². The minimum Gasteiger partial charge on any atom is -0.412 e. The lowest BCUT2D eigenvalue weighted by Crippen LogP contribution is -2.36. The second kappa shape index (κ2) is 2.70. The van der Waals surface area contributed by atoms with Gasteiger partial charge < -0.3 is 4.52 Å². The van der Waals surface area contributed by atoms with Crippen LogP contribution in [0.2, 0.25) is 0 Å². The summed E-state index contributed by atoms with van der Waals surface area (Å²) in [5.41, 5.74) is 0. The molecule has 0 spiro atoms. The maximum Gasteiger partial charge on any atom is 0.539 e. The lowest BCUT2D eigenvalue weighted by Gasteiger charge is -2.10. The van der Waals surface area contributed by atoms with Crippen molar-refractivity contribution < 1.29 is 35.7 Å². The largest absolute Gasteiger partial charge is 0.539 e. The van der Waals surface area contributed by atoms with Gasteiger partial charge in [0.2, 0.25) is 0 Å². The Labute approximate surface area is 69.7 Å². The van der Waals surface area contributed by atoms with Crippen molar-refractivity contribution >= 4 is 7.82 Å². The Hall–Kier alpha value is -0.590. The highest BCUT2D eigenvalue weighted by molar-refractivity contribution is 7.48. The third-order valence-corrected chi connectivity index (χ3v) is 2.31. The first-order valence-corrected chi connectivity index (χ1v) is 4.25. The highest BCUT2D eigenvalue weighted by Crippen LogP contribution is 2.66. The number of phosphoric acid groups is 1. The van der Waals surface area contributed by atoms with Crippen LogP contribution in [0.5, 0.6) is 0 Å². The van der Waals surface area contributed by atoms with Crippen molar-refractivity contribution in [2.24, 2.45) is 0 Å². The van der Waals surface area contributed by atoms with Crippen molar-refractivity contribution in [1.29, 1.82) is 0 Å². The van der Waals surface area contributed by atoms with Gasteiger partial charge in [0.25, 0.3) is 0 Å². The highest BCUT2D eigenvalue weighted by Gasteiger charge is 2.73. The molecule has 0 atom stereocenters. The quantitative estimate of drug-likeness (QED) is 0.409. The van der Waals surface area contributed by atoms with Gasteiger partial charge >= 0.3 is 20.0 Å². The van der Waals surface area contributed by atoms with E-state index in [1.807, 2.05) is 0 Å². The third kappa shape index (κ3) is 1.70. The molecule has 0 bridgehead atoms. The first kappa shape index (κ1) is 10.5. The zero-order valence-corrected chi connectivity index (χ0v) is 6.77. The van der Waals surface area contributed by atoms with E-state index in [1.165, 1.54) is 0 Å². The summed E-state index contributed by atoms with van der Waals surface area (Å²) in [5, 5.41) is 0. The number of hydrogen-bond acceptors (Lipinski definition) is 4. The molecular weight excluding hydrogens is 219 g/mol. The summed E-state index contributed by atoms with van der Waals surface area (Å²) in [7, 11) is -4.93. The molecule has 13 heavy (non-hydrogen) atoms. The van der Waals surface area contributed by atoms with Crippen LogP contribution in [0.15, 0.2) is 12.8 Å². The van der Waals surface area contributed by atoms with E-state index in [1.54, 1.807) is 0 Å². The van der Waals surface area contributed by atoms with Crippen molar-refractivity contribution in [3.05, 3.63) is 12.8 Å². The summed E-state index contributed by atoms with van der Waals surface area (Å²) in [6.07, 6.45) is -9.53. The van der Waals surface area contributed by atoms with Crippen molar-refractivity contribution in [3.8, 4) is 0 Å². The van der Waals surface area contributed by atoms with Crippen LogP contribution in [-0.4, -0.2) is 12.2 Å². The van der Waals surface area contributed by atoms with Crippen LogP contribution < -0.4 is 0 Å². The van der Waals surface area contributed by atoms with Crippen molar-refractivity contribution in [2.45, 2.75) is 12.2 Å². The second-order valence-corrected chi connectivity index (χ2v) is 3.41. The first-order chi connectivity index (χ1) is 5.72. The summed E-state index contributed by atoms with van der Waals surface area (Å²) in [6, 6.07) is 0. The Morgan fingerprint density at radius 2 is 1.62 bits per heavy atom. The van der Waals surface area contributed by atoms with Gasteiger partial charge in [0.05, 0.1) is 6.26 Å². The third-order valence-electron chi connectivity index (χ3n) is 0.995. The topological polar surface area (TPSA) is 44.8 Å². The van der Waals surface area contributed by atoms with Gasteiger partial charge in [0, 0.05) is 0 Å². The van der Waals surface area contributed by atoms with E-state index >= 15 is 0 Å². The summed E-state index contributed by atoms with van der Waals surface area (Å²) in [5.74, 6) is 0. The van der Waals surface area contributed by atoms with E-state index < -0.39 is 20.0 Å². The predicted molar refractivity (Wildman–Crippen MR) is 31.0 cm³/mol. The van der Waals surface area contributed by atoms with Crippen LogP contribution in [0.4, 0.5) is 17.6 Å². The van der Waals surface area contributed by atoms with Crippen LogP contribution in [0.1, 0.15) is 0 Å². The fraction of sp³-hybridized carbons (Fsp3) is 0.500. The standard InChI is InChI=1S/C4H3F4O4P/c1-2-10-13(9)11-3(5,6)4(7,8)12-13/h2H,1H2. The molecule has 1 fully saturated rings. The molecule has 1 aliphatic heterocycles. The molecule has 0 amide bonds. The Morgan fingerprint density at radius 1 is 1.23 bits per heavy atom. The molecule has 76 valence electrons. The maximum absolute atomic E-state index is 12.2. The Kier molecular flexibility index (Phi) is 2.18. The Balaban J connectivity index is 2.93. The molecule has 0 N–H and O–H groups in total. The normalized spacial score (nSPS) is 28.3. The summed E-state index contributed by atoms with van der Waals surface area (Å²) in [4.78, 5) is 0. The summed E-state index contributed by atoms with van der Waals surface area (Å²) >= 11 is 0. The van der Waals surface area contributed by atoms with Gasteiger partial charge in [-0.25, -0.2) is 13.6 Å². The Bertz CT molecular complexity index is 257. The number of rotatable bonds is 2. The van der Waals surface area contributed by atoms with Gasteiger partial charge in [0.15, 0.2) is 0 Å². The van der Waals surface area contributed by atoms with E-state index in [4.69, 9.17) is 0 Å². The molecule has 1 aliphatic rings. The average Bonchev–Trinajstić information content (AvgIpc) is 1.96. The van der Waals surface area contributed by atoms with Crippen LogP contribution in [0.3, 0.4) is 0 Å². The average molecular weight is 222 g/mol. The zero-order chi connectivity index (χ0) is 10.3. The molecule has 0 saturated carbocycles. The van der Waals surface area contributed by atoms with E-state index in [0.29, 0.717) is 6.26 Å². The predicted octanol–water partition coefficient (Wildman–Crippen LogP) is 2.49.